The van der Waals surface area contributed by atoms with Crippen LogP contribution < -0.4 is 15.8 Å². The number of hydrogen-bond donors (Lipinski definition) is 2. The van der Waals surface area contributed by atoms with Gasteiger partial charge in [-0.25, -0.2) is 0 Å². The highest BCUT2D eigenvalue weighted by Crippen LogP contribution is 2.26. The lowest BCUT2D eigenvalue weighted by Crippen LogP contribution is -2.44. The summed E-state index contributed by atoms with van der Waals surface area (Å²) in [6, 6.07) is 5.17. The third-order valence-electron chi connectivity index (χ3n) is 3.78. The van der Waals surface area contributed by atoms with Crippen LogP contribution in [0.3, 0.4) is 0 Å². The Morgan fingerprint density at radius 2 is 2.10 bits per heavy atom. The van der Waals surface area contributed by atoms with E-state index in [2.05, 4.69) is 26.1 Å². The van der Waals surface area contributed by atoms with Gasteiger partial charge in [0.15, 0.2) is 0 Å². The van der Waals surface area contributed by atoms with Crippen molar-refractivity contribution in [2.45, 2.75) is 32.7 Å². The second kappa shape index (κ2) is 6.61. The van der Waals surface area contributed by atoms with E-state index in [4.69, 9.17) is 10.5 Å². The lowest BCUT2D eigenvalue weighted by Gasteiger charge is -2.34. The lowest BCUT2D eigenvalue weighted by molar-refractivity contribution is -0.118. The monoisotopic (exact) mass is 279 g/mol. The number of rotatable bonds is 6. The molecule has 0 atom stereocenters. The Kier molecular flexibility index (Phi) is 5.39. The van der Waals surface area contributed by atoms with E-state index in [1.54, 1.807) is 25.3 Å². The molecule has 1 aromatic rings. The van der Waals surface area contributed by atoms with Crippen LogP contribution in [0, 0.1) is 0 Å². The van der Waals surface area contributed by atoms with E-state index >= 15 is 0 Å². The molecule has 5 nitrogen and oxygen atoms in total. The smallest absolute Gasteiger partial charge is 0.238 e. The van der Waals surface area contributed by atoms with Crippen LogP contribution in [0.1, 0.15) is 27.2 Å². The Hall–Kier alpha value is -1.75. The van der Waals surface area contributed by atoms with Crippen molar-refractivity contribution in [1.29, 1.82) is 0 Å². The summed E-state index contributed by atoms with van der Waals surface area (Å²) < 4.78 is 5.21. The number of nitrogens with one attached hydrogen (secondary N) is 1. The van der Waals surface area contributed by atoms with E-state index in [-0.39, 0.29) is 11.4 Å². The predicted molar refractivity (Wildman–Crippen MR) is 83.0 cm³/mol. The molecule has 1 rings (SSSR count). The fraction of sp³-hybridized carbons (Fsp3) is 0.533. The van der Waals surface area contributed by atoms with Gasteiger partial charge in [-0.05, 0) is 39.4 Å². The van der Waals surface area contributed by atoms with Gasteiger partial charge in [0.2, 0.25) is 5.91 Å². The van der Waals surface area contributed by atoms with Crippen LogP contribution in [0.2, 0.25) is 0 Å². The van der Waals surface area contributed by atoms with Gasteiger partial charge >= 0.3 is 0 Å². The van der Waals surface area contributed by atoms with Crippen LogP contribution >= 0.6 is 0 Å². The molecule has 0 radical (unpaired) electrons. The van der Waals surface area contributed by atoms with E-state index in [1.807, 2.05) is 11.9 Å². The summed E-state index contributed by atoms with van der Waals surface area (Å²) in [5, 5.41) is 2.85. The first-order valence-electron chi connectivity index (χ1n) is 6.74. The molecule has 0 unspecified atom stereocenters. The molecule has 0 bridgehead atoms. The van der Waals surface area contributed by atoms with Crippen molar-refractivity contribution in [2.75, 3.05) is 31.8 Å². The van der Waals surface area contributed by atoms with Gasteiger partial charge in [0.05, 0.1) is 19.3 Å². The maximum atomic E-state index is 12.1. The van der Waals surface area contributed by atoms with E-state index < -0.39 is 0 Å². The molecule has 1 aromatic carbocycles. The van der Waals surface area contributed by atoms with Crippen LogP contribution in [0.5, 0.6) is 5.75 Å². The number of methoxy groups -OCH3 is 1. The zero-order valence-electron chi connectivity index (χ0n) is 13.0. The van der Waals surface area contributed by atoms with E-state index in [0.29, 0.717) is 23.7 Å². The van der Waals surface area contributed by atoms with Crippen molar-refractivity contribution in [2.24, 2.45) is 0 Å². The van der Waals surface area contributed by atoms with Crippen molar-refractivity contribution in [3.05, 3.63) is 18.2 Å². The number of ether oxygens (including phenoxy) is 1. The van der Waals surface area contributed by atoms with E-state index in [0.717, 1.165) is 6.42 Å². The Morgan fingerprint density at radius 1 is 1.45 bits per heavy atom. The molecule has 112 valence electrons. The van der Waals surface area contributed by atoms with Crippen molar-refractivity contribution < 1.29 is 9.53 Å². The van der Waals surface area contributed by atoms with Crippen LogP contribution in [0.25, 0.3) is 0 Å². The van der Waals surface area contributed by atoms with Crippen LogP contribution in [0.15, 0.2) is 18.2 Å². The fourth-order valence-electron chi connectivity index (χ4n) is 1.70. The highest BCUT2D eigenvalue weighted by Gasteiger charge is 2.23. The van der Waals surface area contributed by atoms with E-state index in [1.165, 1.54) is 0 Å². The summed E-state index contributed by atoms with van der Waals surface area (Å²) in [6.07, 6.45) is 0.974. The SMILES string of the molecule is CCC(C)(C)N(C)CC(=O)Nc1ccc(N)cc1OC. The summed E-state index contributed by atoms with van der Waals surface area (Å²) in [5.41, 5.74) is 6.91. The van der Waals surface area contributed by atoms with E-state index in [9.17, 15) is 4.79 Å². The summed E-state index contributed by atoms with van der Waals surface area (Å²) >= 11 is 0. The number of amides is 1. The first-order chi connectivity index (χ1) is 9.30. The van der Waals surface area contributed by atoms with Gasteiger partial charge in [-0.1, -0.05) is 6.92 Å². The number of carbonyl (C=O) groups is 1. The number of nitrogen functional groups attached to an aromatic ring is 1. The molecular weight excluding hydrogens is 254 g/mol. The number of anilines is 2. The first kappa shape index (κ1) is 16.3. The molecule has 0 aliphatic heterocycles. The molecule has 1 amide bonds. The third-order valence-corrected chi connectivity index (χ3v) is 3.78. The molecule has 0 aliphatic carbocycles. The van der Waals surface area contributed by atoms with Crippen molar-refractivity contribution in [1.82, 2.24) is 4.90 Å². The predicted octanol–water partition coefficient (Wildman–Crippen LogP) is 2.34. The molecule has 0 spiro atoms. The zero-order valence-corrected chi connectivity index (χ0v) is 13.0. The number of likely N-dealkylation sites (N-methyl/N-ethyl adjacent to an activating group) is 1. The van der Waals surface area contributed by atoms with Gasteiger partial charge in [0.25, 0.3) is 0 Å². The molecule has 0 aliphatic rings. The van der Waals surface area contributed by atoms with Crippen LogP contribution in [-0.2, 0) is 4.79 Å². The Balaban J connectivity index is 2.72. The molecule has 0 saturated heterocycles. The topological polar surface area (TPSA) is 67.6 Å². The highest BCUT2D eigenvalue weighted by atomic mass is 16.5. The van der Waals surface area contributed by atoms with Gasteiger partial charge in [0, 0.05) is 17.3 Å². The Morgan fingerprint density at radius 3 is 2.65 bits per heavy atom. The maximum Gasteiger partial charge on any atom is 0.238 e. The number of carbonyl (C=O) groups excluding carboxylic acids is 1. The van der Waals surface area contributed by atoms with Gasteiger partial charge in [-0.3, -0.25) is 9.69 Å². The van der Waals surface area contributed by atoms with Gasteiger partial charge < -0.3 is 15.8 Å². The third kappa shape index (κ3) is 4.13. The molecular formula is C15H25N3O2. The fourth-order valence-corrected chi connectivity index (χ4v) is 1.70. The normalized spacial score (nSPS) is 11.5. The number of benzene rings is 1. The average Bonchev–Trinajstić information content (AvgIpc) is 2.40. The second-order valence-electron chi connectivity index (χ2n) is 5.53. The first-order valence-corrected chi connectivity index (χ1v) is 6.74. The molecule has 20 heavy (non-hydrogen) atoms. The Bertz CT molecular complexity index is 472. The quantitative estimate of drug-likeness (QED) is 0.784. The summed E-state index contributed by atoms with van der Waals surface area (Å²) in [4.78, 5) is 14.1. The molecule has 5 heteroatoms. The minimum atomic E-state index is -0.0721. The molecule has 0 heterocycles. The van der Waals surface area contributed by atoms with Crippen LogP contribution in [-0.4, -0.2) is 37.0 Å². The summed E-state index contributed by atoms with van der Waals surface area (Å²) in [5.74, 6) is 0.493. The van der Waals surface area contributed by atoms with Gasteiger partial charge in [0.1, 0.15) is 5.75 Å². The number of nitrogens with zero attached hydrogens (tertiary/aromatic N) is 1. The maximum absolute atomic E-state index is 12.1. The highest BCUT2D eigenvalue weighted by molar-refractivity contribution is 5.94. The molecule has 0 aromatic heterocycles. The van der Waals surface area contributed by atoms with Crippen molar-refractivity contribution in [3.63, 3.8) is 0 Å². The van der Waals surface area contributed by atoms with Crippen molar-refractivity contribution >= 4 is 17.3 Å². The lowest BCUT2D eigenvalue weighted by atomic mass is 10.00. The second-order valence-corrected chi connectivity index (χ2v) is 5.53. The Labute approximate surface area is 121 Å². The molecule has 3 N–H and O–H groups in total. The largest absolute Gasteiger partial charge is 0.494 e. The summed E-state index contributed by atoms with van der Waals surface area (Å²) in [6.45, 7) is 6.67. The number of nitrogens with two attached hydrogens (primary N) is 1. The minimum Gasteiger partial charge on any atom is -0.494 e. The van der Waals surface area contributed by atoms with Gasteiger partial charge in [-0.2, -0.15) is 0 Å². The number of hydrogen-bond acceptors (Lipinski definition) is 4. The van der Waals surface area contributed by atoms with Crippen molar-refractivity contribution in [3.8, 4) is 5.75 Å². The van der Waals surface area contributed by atoms with Gasteiger partial charge in [-0.15, -0.1) is 0 Å². The molecule has 0 saturated carbocycles. The average molecular weight is 279 g/mol. The molecule has 0 fully saturated rings. The van der Waals surface area contributed by atoms with Crippen LogP contribution in [0.4, 0.5) is 11.4 Å². The minimum absolute atomic E-state index is 0.0114. The summed E-state index contributed by atoms with van der Waals surface area (Å²) in [7, 11) is 3.50. The standard InChI is InChI=1S/C15H25N3O2/c1-6-15(2,3)18(4)10-14(19)17-12-8-7-11(16)9-13(12)20-5/h7-9H,6,10,16H2,1-5H3,(H,17,19). The zero-order chi connectivity index (χ0) is 15.3.